The van der Waals surface area contributed by atoms with Gasteiger partial charge in [0, 0.05) is 0 Å². The van der Waals surface area contributed by atoms with Gasteiger partial charge in [-0.3, -0.25) is 4.79 Å². The van der Waals surface area contributed by atoms with Crippen molar-refractivity contribution in [3.63, 3.8) is 0 Å². The fourth-order valence-electron chi connectivity index (χ4n) is 8.09. The molecule has 6 heterocycles. The van der Waals surface area contributed by atoms with Crippen LogP contribution in [0, 0.1) is 0 Å². The summed E-state index contributed by atoms with van der Waals surface area (Å²) in [6.45, 7) is 1.71. The molecular formula is C48H36O15P2. The first-order chi connectivity index (χ1) is 32.1. The van der Waals surface area contributed by atoms with Gasteiger partial charge >= 0.3 is 29.1 Å². The quantitative estimate of drug-likeness (QED) is 0.146. The van der Waals surface area contributed by atoms with Crippen LogP contribution in [0.1, 0.15) is 74.5 Å². The SMILES string of the molecule is O=C1c2c3cccc2OP(Oc2ccccc2C2OCCO2)Oc2ccccc2C2OC4=C(O2)OC(O4)c2ccccc2OP(Oc2ccccc2C2OCCO2)Oc2cccc(c21)C3. The van der Waals surface area contributed by atoms with Gasteiger partial charge in [-0.1, -0.05) is 84.9 Å². The molecule has 0 N–H and O–H groups in total. The number of ether oxygens (including phenoxy) is 8. The van der Waals surface area contributed by atoms with Crippen molar-refractivity contribution >= 4 is 23.0 Å². The van der Waals surface area contributed by atoms with Crippen molar-refractivity contribution in [1.82, 2.24) is 0 Å². The average molecular weight is 915 g/mol. The van der Waals surface area contributed by atoms with Crippen LogP contribution in [-0.2, 0) is 44.3 Å². The molecule has 0 radical (unpaired) electrons. The Kier molecular flexibility index (Phi) is 10.5. The number of carbonyl (C=O) groups is 1. The minimum Gasteiger partial charge on any atom is -0.415 e. The fourth-order valence-corrected chi connectivity index (χ4v) is 10.2. The Morgan fingerprint density at radius 3 is 1.22 bits per heavy atom. The largest absolute Gasteiger partial charge is 0.530 e. The van der Waals surface area contributed by atoms with Gasteiger partial charge in [-0.05, 0) is 66.1 Å². The van der Waals surface area contributed by atoms with E-state index < -0.39 is 42.4 Å². The topological polar surface area (TPSA) is 146 Å². The van der Waals surface area contributed by atoms with Crippen LogP contribution >= 0.6 is 17.2 Å². The molecule has 15 nitrogen and oxygen atoms in total. The molecule has 6 aliphatic heterocycles. The zero-order chi connectivity index (χ0) is 43.3. The number of fused-ring (bicyclic) bond motifs is 4. The van der Waals surface area contributed by atoms with Crippen LogP contribution in [0.25, 0.3) is 0 Å². The van der Waals surface area contributed by atoms with Crippen LogP contribution in [0.4, 0.5) is 0 Å². The molecule has 2 atom stereocenters. The van der Waals surface area contributed by atoms with Crippen LogP contribution in [0.15, 0.2) is 145 Å². The lowest BCUT2D eigenvalue weighted by molar-refractivity contribution is -0.181. The van der Waals surface area contributed by atoms with E-state index in [9.17, 15) is 0 Å². The summed E-state index contributed by atoms with van der Waals surface area (Å²) in [7, 11) is -4.78. The molecule has 6 bridgehead atoms. The smallest absolute Gasteiger partial charge is 0.415 e. The number of para-hydroxylation sites is 4. The summed E-state index contributed by atoms with van der Waals surface area (Å²) < 4.78 is 88.5. The monoisotopic (exact) mass is 914 g/mol. The van der Waals surface area contributed by atoms with E-state index in [1.807, 2.05) is 72.8 Å². The number of rotatable bonds is 6. The van der Waals surface area contributed by atoms with Gasteiger partial charge in [-0.2, -0.15) is 0 Å². The van der Waals surface area contributed by atoms with Gasteiger partial charge in [0.05, 0.1) is 59.8 Å². The molecule has 328 valence electrons. The lowest BCUT2D eigenvalue weighted by atomic mass is 9.84. The summed E-state index contributed by atoms with van der Waals surface area (Å²) >= 11 is 0. The highest BCUT2D eigenvalue weighted by atomic mass is 31.2. The normalized spacial score (nSPS) is 22.1. The Labute approximate surface area is 374 Å². The molecule has 0 saturated carbocycles. The maximum atomic E-state index is 15.1. The highest BCUT2D eigenvalue weighted by Gasteiger charge is 2.44. The van der Waals surface area contributed by atoms with Gasteiger partial charge in [-0.25, -0.2) is 0 Å². The van der Waals surface area contributed by atoms with Crippen LogP contribution in [0.3, 0.4) is 0 Å². The predicted molar refractivity (Wildman–Crippen MR) is 229 cm³/mol. The highest BCUT2D eigenvalue weighted by Crippen LogP contribution is 2.54. The Morgan fingerprint density at radius 2 is 0.769 bits per heavy atom. The van der Waals surface area contributed by atoms with E-state index in [4.69, 9.17) is 65.0 Å². The average Bonchev–Trinajstić information content (AvgIpc) is 4.17. The number of hydrogen-bond acceptors (Lipinski definition) is 15. The van der Waals surface area contributed by atoms with Gasteiger partial charge in [0.25, 0.3) is 12.6 Å². The number of hydrogen-bond donors (Lipinski definition) is 0. The molecule has 7 aliphatic rings. The van der Waals surface area contributed by atoms with Gasteiger partial charge in [0.2, 0.25) is 5.78 Å². The molecular weight excluding hydrogens is 878 g/mol. The molecule has 6 aromatic rings. The highest BCUT2D eigenvalue weighted by molar-refractivity contribution is 7.43. The van der Waals surface area contributed by atoms with E-state index in [0.29, 0.717) is 89.2 Å². The second-order valence-corrected chi connectivity index (χ2v) is 17.1. The summed E-state index contributed by atoms with van der Waals surface area (Å²) in [6.07, 6.45) is -3.02. The van der Waals surface area contributed by atoms with Crippen LogP contribution in [-0.4, -0.2) is 32.2 Å². The molecule has 6 aromatic carbocycles. The second-order valence-electron chi connectivity index (χ2n) is 15.1. The van der Waals surface area contributed by atoms with E-state index in [1.165, 1.54) is 0 Å². The van der Waals surface area contributed by atoms with Crippen LogP contribution in [0.5, 0.6) is 34.5 Å². The Hall–Kier alpha value is -6.57. The van der Waals surface area contributed by atoms with Crippen LogP contribution in [0.2, 0.25) is 0 Å². The first-order valence-electron chi connectivity index (χ1n) is 20.8. The molecule has 2 unspecified atom stereocenters. The first-order valence-corrected chi connectivity index (χ1v) is 23.0. The molecule has 0 spiro atoms. The molecule has 2 saturated heterocycles. The van der Waals surface area contributed by atoms with Crippen molar-refractivity contribution in [2.45, 2.75) is 31.6 Å². The van der Waals surface area contributed by atoms with Gasteiger partial charge in [-0.15, -0.1) is 0 Å². The molecule has 13 rings (SSSR count). The third-order valence-corrected chi connectivity index (χ3v) is 13.1. The Bertz CT molecular complexity index is 2620. The number of ketones is 1. The van der Waals surface area contributed by atoms with E-state index in [2.05, 4.69) is 0 Å². The molecule has 65 heavy (non-hydrogen) atoms. The van der Waals surface area contributed by atoms with Crippen molar-refractivity contribution in [3.05, 3.63) is 190 Å². The van der Waals surface area contributed by atoms with Crippen molar-refractivity contribution < 1.29 is 69.8 Å². The summed E-state index contributed by atoms with van der Waals surface area (Å²) in [5, 5.41) is 0. The third-order valence-electron chi connectivity index (χ3n) is 11.1. The summed E-state index contributed by atoms with van der Waals surface area (Å²) in [5.74, 6) is 1.61. The number of benzene rings is 6. The standard InChI is InChI=1S/C48H36O15P2/c49-42-40-28-11-9-21-38(40)62-64(58-34-17-5-1-13-30(34)43-50-23-24-51-43)60-36-19-7-3-15-32(36)45-54-47-48(55-45)57-46(56-47)33-16-4-8-20-37(33)61-65(63-39-22-10-12-29(27-28)41(39)42)59-35-18-6-2-14-31(35)44-52-25-26-53-44/h1-22,43-46H,23-27H2. The lowest BCUT2D eigenvalue weighted by Crippen LogP contribution is -2.18. The minimum atomic E-state index is -2.39. The van der Waals surface area contributed by atoms with Crippen molar-refractivity contribution in [1.29, 1.82) is 0 Å². The molecule has 0 aromatic heterocycles. The zero-order valence-electron chi connectivity index (χ0n) is 34.1. The van der Waals surface area contributed by atoms with Crippen molar-refractivity contribution in [3.8, 4) is 34.5 Å². The van der Waals surface area contributed by atoms with E-state index in [-0.39, 0.29) is 29.2 Å². The molecule has 1 aliphatic carbocycles. The third kappa shape index (κ3) is 7.69. The Balaban J connectivity index is 0.968. The second kappa shape index (κ2) is 17.1. The zero-order valence-corrected chi connectivity index (χ0v) is 35.9. The molecule has 17 heteroatoms. The first kappa shape index (κ1) is 40.0. The van der Waals surface area contributed by atoms with E-state index >= 15 is 4.79 Å². The Morgan fingerprint density at radius 1 is 0.400 bits per heavy atom. The lowest BCUT2D eigenvalue weighted by Gasteiger charge is -2.27. The van der Waals surface area contributed by atoms with Crippen molar-refractivity contribution in [2.24, 2.45) is 0 Å². The maximum absolute atomic E-state index is 15.1. The number of carbonyl (C=O) groups excluding carboxylic acids is 1. The maximum Gasteiger partial charge on any atom is 0.530 e. The van der Waals surface area contributed by atoms with E-state index in [0.717, 1.165) is 11.1 Å². The van der Waals surface area contributed by atoms with Crippen LogP contribution < -0.4 is 27.1 Å². The summed E-state index contributed by atoms with van der Waals surface area (Å²) in [5.41, 5.74) is 4.37. The van der Waals surface area contributed by atoms with Gasteiger partial charge < -0.3 is 65.0 Å². The summed E-state index contributed by atoms with van der Waals surface area (Å²) in [4.78, 5) is 15.1. The van der Waals surface area contributed by atoms with Crippen molar-refractivity contribution in [2.75, 3.05) is 26.4 Å². The molecule has 0 amide bonds. The molecule has 2 fully saturated rings. The van der Waals surface area contributed by atoms with Gasteiger partial charge in [0.1, 0.15) is 34.5 Å². The predicted octanol–water partition coefficient (Wildman–Crippen LogP) is 10.7. The minimum absolute atomic E-state index is 0.0306. The van der Waals surface area contributed by atoms with Gasteiger partial charge in [0.15, 0.2) is 12.6 Å². The van der Waals surface area contributed by atoms with E-state index in [1.54, 1.807) is 60.7 Å². The summed E-state index contributed by atoms with van der Waals surface area (Å²) in [6, 6.07) is 39.8. The fraction of sp³-hybridized carbons (Fsp3) is 0.188.